The largest absolute Gasteiger partial charge is 0.367 e. The van der Waals surface area contributed by atoms with Gasteiger partial charge in [-0.25, -0.2) is 4.79 Å². The Kier molecular flexibility index (Phi) is 3.03. The predicted octanol–water partition coefficient (Wildman–Crippen LogP) is 0.0137. The van der Waals surface area contributed by atoms with Crippen LogP contribution in [-0.4, -0.2) is 31.0 Å². The molecule has 0 aromatic carbocycles. The minimum absolute atomic E-state index is 0.477. The number of hydrogen-bond donors (Lipinski definition) is 2. The molecule has 0 aliphatic rings. The molecule has 0 rings (SSSR count). The van der Waals surface area contributed by atoms with Crippen LogP contribution >= 0.6 is 0 Å². The third-order valence-corrected chi connectivity index (χ3v) is 0.626. The smallest absolute Gasteiger partial charge is 0.361 e. The van der Waals surface area contributed by atoms with Crippen LogP contribution < -0.4 is 5.73 Å². The summed E-state index contributed by atoms with van der Waals surface area (Å²) in [4.78, 5) is 11.8. The number of urea groups is 1. The summed E-state index contributed by atoms with van der Waals surface area (Å²) in [6, 6.07) is -0.532. The van der Waals surface area contributed by atoms with Crippen LogP contribution in [0.2, 0.25) is 0 Å². The lowest BCUT2D eigenvalue weighted by atomic mass is 10.9. The SMILES string of the molecule is CN(C)C(=O)N=NC(=N)N. The summed E-state index contributed by atoms with van der Waals surface area (Å²) in [7, 11) is 3.06. The molecule has 6 nitrogen and oxygen atoms in total. The first-order chi connectivity index (χ1) is 4.54. The van der Waals surface area contributed by atoms with Crippen molar-refractivity contribution in [2.24, 2.45) is 16.0 Å². The second kappa shape index (κ2) is 3.54. The molecule has 0 atom stereocenters. The van der Waals surface area contributed by atoms with E-state index in [4.69, 9.17) is 11.1 Å². The van der Waals surface area contributed by atoms with Crippen LogP contribution in [0.4, 0.5) is 4.79 Å². The first-order valence-electron chi connectivity index (χ1n) is 2.51. The number of hydrogen-bond acceptors (Lipinski definition) is 2. The third kappa shape index (κ3) is 3.53. The zero-order chi connectivity index (χ0) is 8.15. The van der Waals surface area contributed by atoms with E-state index in [1.54, 1.807) is 0 Å². The summed E-state index contributed by atoms with van der Waals surface area (Å²) in [5.41, 5.74) is 4.79. The molecule has 0 aromatic rings. The Bertz CT molecular complexity index is 172. The van der Waals surface area contributed by atoms with Crippen molar-refractivity contribution in [3.05, 3.63) is 0 Å². The highest BCUT2D eigenvalue weighted by Crippen LogP contribution is 1.84. The molecule has 10 heavy (non-hydrogen) atoms. The minimum Gasteiger partial charge on any atom is -0.367 e. The molecule has 0 heterocycles. The van der Waals surface area contributed by atoms with E-state index in [9.17, 15) is 4.79 Å². The summed E-state index contributed by atoms with van der Waals surface area (Å²) in [6.07, 6.45) is 0. The summed E-state index contributed by atoms with van der Waals surface area (Å²) in [6.45, 7) is 0. The fourth-order valence-electron chi connectivity index (χ4n) is 0.186. The molecule has 3 N–H and O–H groups in total. The van der Waals surface area contributed by atoms with Gasteiger partial charge in [0.2, 0.25) is 5.96 Å². The molecule has 0 fully saturated rings. The van der Waals surface area contributed by atoms with E-state index in [0.29, 0.717) is 0 Å². The number of azo groups is 1. The molecule has 0 bridgehead atoms. The van der Waals surface area contributed by atoms with Crippen molar-refractivity contribution in [1.82, 2.24) is 4.90 Å². The van der Waals surface area contributed by atoms with Gasteiger partial charge in [-0.1, -0.05) is 5.11 Å². The molecule has 0 radical (unpaired) electrons. The molecular formula is C4H9N5O. The van der Waals surface area contributed by atoms with Crippen LogP contribution in [0.1, 0.15) is 0 Å². The van der Waals surface area contributed by atoms with Gasteiger partial charge in [0.25, 0.3) is 0 Å². The van der Waals surface area contributed by atoms with Crippen molar-refractivity contribution in [2.75, 3.05) is 14.1 Å². The molecule has 0 spiro atoms. The van der Waals surface area contributed by atoms with Gasteiger partial charge in [-0.3, -0.25) is 5.41 Å². The average molecular weight is 143 g/mol. The van der Waals surface area contributed by atoms with Crippen LogP contribution in [0.3, 0.4) is 0 Å². The van der Waals surface area contributed by atoms with E-state index in [1.807, 2.05) is 0 Å². The molecule has 6 heteroatoms. The lowest BCUT2D eigenvalue weighted by molar-refractivity contribution is 0.226. The Morgan fingerprint density at radius 3 is 2.30 bits per heavy atom. The first kappa shape index (κ1) is 8.54. The van der Waals surface area contributed by atoms with Crippen LogP contribution in [0.15, 0.2) is 10.2 Å². The number of nitrogens with zero attached hydrogens (tertiary/aromatic N) is 3. The highest BCUT2D eigenvalue weighted by Gasteiger charge is 1.98. The Hall–Kier alpha value is -1.46. The Balaban J connectivity index is 3.90. The lowest BCUT2D eigenvalue weighted by Crippen LogP contribution is -2.17. The fraction of sp³-hybridized carbons (Fsp3) is 0.500. The normalized spacial score (nSPS) is 9.80. The van der Waals surface area contributed by atoms with Gasteiger partial charge < -0.3 is 10.6 Å². The summed E-state index contributed by atoms with van der Waals surface area (Å²) >= 11 is 0. The number of nitrogens with two attached hydrogens (primary N) is 1. The van der Waals surface area contributed by atoms with E-state index >= 15 is 0 Å². The zero-order valence-electron chi connectivity index (χ0n) is 5.83. The number of carbonyl (C=O) groups excluding carboxylic acids is 1. The maximum atomic E-state index is 10.6. The number of nitrogens with one attached hydrogen (secondary N) is 1. The van der Waals surface area contributed by atoms with E-state index in [1.165, 1.54) is 19.0 Å². The molecule has 0 unspecified atom stereocenters. The molecule has 0 saturated carbocycles. The molecule has 56 valence electrons. The van der Waals surface area contributed by atoms with Crippen LogP contribution in [0.25, 0.3) is 0 Å². The van der Waals surface area contributed by atoms with E-state index in [0.717, 1.165) is 0 Å². The summed E-state index contributed by atoms with van der Waals surface area (Å²) in [5.74, 6) is -0.477. The maximum absolute atomic E-state index is 10.6. The Morgan fingerprint density at radius 1 is 1.50 bits per heavy atom. The van der Waals surface area contributed by atoms with E-state index in [-0.39, 0.29) is 0 Å². The van der Waals surface area contributed by atoms with Crippen molar-refractivity contribution in [3.63, 3.8) is 0 Å². The highest BCUT2D eigenvalue weighted by molar-refractivity contribution is 5.79. The molecule has 0 aliphatic carbocycles. The van der Waals surface area contributed by atoms with Crippen molar-refractivity contribution in [3.8, 4) is 0 Å². The molecule has 2 amide bonds. The fourth-order valence-corrected chi connectivity index (χ4v) is 0.186. The Labute approximate surface area is 58.2 Å². The van der Waals surface area contributed by atoms with Crippen molar-refractivity contribution < 1.29 is 4.79 Å². The maximum Gasteiger partial charge on any atom is 0.361 e. The van der Waals surface area contributed by atoms with Gasteiger partial charge in [0.1, 0.15) is 0 Å². The highest BCUT2D eigenvalue weighted by atomic mass is 16.2. The van der Waals surface area contributed by atoms with E-state index < -0.39 is 12.0 Å². The van der Waals surface area contributed by atoms with Crippen molar-refractivity contribution >= 4 is 12.0 Å². The quantitative estimate of drug-likeness (QED) is 0.284. The monoisotopic (exact) mass is 143 g/mol. The van der Waals surface area contributed by atoms with Gasteiger partial charge in [-0.05, 0) is 0 Å². The zero-order valence-corrected chi connectivity index (χ0v) is 5.83. The lowest BCUT2D eigenvalue weighted by Gasteiger charge is -2.01. The van der Waals surface area contributed by atoms with Gasteiger partial charge >= 0.3 is 6.03 Å². The van der Waals surface area contributed by atoms with Gasteiger partial charge in [0.15, 0.2) is 0 Å². The second-order valence-electron chi connectivity index (χ2n) is 1.76. The molecule has 0 saturated heterocycles. The third-order valence-electron chi connectivity index (χ3n) is 0.626. The average Bonchev–Trinajstić information content (AvgIpc) is 1.82. The van der Waals surface area contributed by atoms with Crippen LogP contribution in [0, 0.1) is 5.41 Å². The minimum atomic E-state index is -0.532. The van der Waals surface area contributed by atoms with E-state index in [2.05, 4.69) is 10.2 Å². The topological polar surface area (TPSA) is 94.9 Å². The molecule has 0 aromatic heterocycles. The van der Waals surface area contributed by atoms with Gasteiger partial charge in [0, 0.05) is 14.1 Å². The standard InChI is InChI=1S/C4H9N5O/c1-9(2)4(10)8-7-3(5)6/h1-2H3,(H3,5,6). The summed E-state index contributed by atoms with van der Waals surface area (Å²) < 4.78 is 0. The predicted molar refractivity (Wildman–Crippen MR) is 35.9 cm³/mol. The van der Waals surface area contributed by atoms with Crippen molar-refractivity contribution in [2.45, 2.75) is 0 Å². The van der Waals surface area contributed by atoms with Gasteiger partial charge in [-0.15, -0.1) is 5.11 Å². The van der Waals surface area contributed by atoms with Crippen LogP contribution in [-0.2, 0) is 0 Å². The summed E-state index contributed by atoms with van der Waals surface area (Å²) in [5, 5.41) is 12.7. The number of guanidine groups is 1. The second-order valence-corrected chi connectivity index (χ2v) is 1.76. The number of amides is 2. The molecular weight excluding hydrogens is 134 g/mol. The first-order valence-corrected chi connectivity index (χ1v) is 2.51. The van der Waals surface area contributed by atoms with Crippen LogP contribution in [0.5, 0.6) is 0 Å². The molecule has 0 aliphatic heterocycles. The van der Waals surface area contributed by atoms with Crippen molar-refractivity contribution in [1.29, 1.82) is 5.41 Å². The van der Waals surface area contributed by atoms with Gasteiger partial charge in [0.05, 0.1) is 0 Å². The van der Waals surface area contributed by atoms with Gasteiger partial charge in [-0.2, -0.15) is 0 Å². The number of rotatable bonds is 0. The number of carbonyl (C=O) groups is 1. The Morgan fingerprint density at radius 2 is 2.00 bits per heavy atom.